The minimum atomic E-state index is 0.657. The highest BCUT2D eigenvalue weighted by atomic mass is 15.2. The lowest BCUT2D eigenvalue weighted by atomic mass is 9.99. The maximum Gasteiger partial charge on any atom is 0.235 e. The zero-order valence-corrected chi connectivity index (χ0v) is 31.4. The molecule has 9 aromatic carbocycles. The van der Waals surface area contributed by atoms with Crippen molar-refractivity contribution < 1.29 is 0 Å². The number of nitrogens with zero attached hydrogens (tertiary/aromatic N) is 4. The van der Waals surface area contributed by atoms with Crippen molar-refractivity contribution in [2.24, 2.45) is 0 Å². The van der Waals surface area contributed by atoms with Crippen LogP contribution in [0.5, 0.6) is 0 Å². The Balaban J connectivity index is 1.06. The molecule has 0 bridgehead atoms. The summed E-state index contributed by atoms with van der Waals surface area (Å²) in [7, 11) is 0. The summed E-state index contributed by atoms with van der Waals surface area (Å²) >= 11 is 0. The van der Waals surface area contributed by atoms with Crippen molar-refractivity contribution in [1.82, 2.24) is 19.1 Å². The lowest BCUT2D eigenvalue weighted by Gasteiger charge is -2.15. The lowest BCUT2D eigenvalue weighted by Crippen LogP contribution is -2.03. The number of fused-ring (bicyclic) bond motifs is 9. The second-order valence-corrected chi connectivity index (χ2v) is 15.0. The van der Waals surface area contributed by atoms with Crippen molar-refractivity contribution in [2.45, 2.75) is 0 Å². The summed E-state index contributed by atoms with van der Waals surface area (Å²) in [4.78, 5) is 10.7. The van der Waals surface area contributed by atoms with Gasteiger partial charge in [0.1, 0.15) is 0 Å². The highest BCUT2D eigenvalue weighted by Gasteiger charge is 2.21. The van der Waals surface area contributed by atoms with Gasteiger partial charge in [-0.05, 0) is 69.9 Å². The molecule has 4 heteroatoms. The van der Waals surface area contributed by atoms with Crippen LogP contribution >= 0.6 is 0 Å². The maximum atomic E-state index is 5.47. The van der Waals surface area contributed by atoms with Crippen LogP contribution < -0.4 is 0 Å². The van der Waals surface area contributed by atoms with Gasteiger partial charge >= 0.3 is 0 Å². The first-order valence-electron chi connectivity index (χ1n) is 19.8. The topological polar surface area (TPSA) is 35.6 Å². The van der Waals surface area contributed by atoms with Gasteiger partial charge < -0.3 is 4.57 Å². The van der Waals surface area contributed by atoms with E-state index in [4.69, 9.17) is 9.97 Å². The van der Waals surface area contributed by atoms with E-state index in [2.05, 4.69) is 215 Å². The van der Waals surface area contributed by atoms with E-state index in [0.717, 1.165) is 49.9 Å². The van der Waals surface area contributed by atoms with E-state index in [-0.39, 0.29) is 0 Å². The predicted molar refractivity (Wildman–Crippen MR) is 242 cm³/mol. The Morgan fingerprint density at radius 1 is 0.328 bits per heavy atom. The van der Waals surface area contributed by atoms with Crippen LogP contribution in [-0.2, 0) is 0 Å². The van der Waals surface area contributed by atoms with Gasteiger partial charge in [0.25, 0.3) is 0 Å². The Hall–Kier alpha value is -7.82. The summed E-state index contributed by atoms with van der Waals surface area (Å²) in [6.07, 6.45) is 0. The van der Waals surface area contributed by atoms with Gasteiger partial charge in [0.05, 0.1) is 39.0 Å². The number of rotatable bonds is 5. The summed E-state index contributed by atoms with van der Waals surface area (Å²) in [5.74, 6) is 0.657. The highest BCUT2D eigenvalue weighted by Crippen LogP contribution is 2.41. The molecule has 3 heterocycles. The number of para-hydroxylation sites is 4. The van der Waals surface area contributed by atoms with E-state index in [9.17, 15) is 0 Å². The monoisotopic (exact) mass is 738 g/mol. The number of aromatic nitrogens is 4. The Bertz CT molecular complexity index is 3560. The molecule has 58 heavy (non-hydrogen) atoms. The van der Waals surface area contributed by atoms with Crippen LogP contribution in [0, 0.1) is 0 Å². The van der Waals surface area contributed by atoms with Crippen molar-refractivity contribution in [1.29, 1.82) is 0 Å². The first-order chi connectivity index (χ1) is 28.8. The average Bonchev–Trinajstić information content (AvgIpc) is 3.82. The van der Waals surface area contributed by atoms with Gasteiger partial charge in [0.2, 0.25) is 5.95 Å². The Labute approximate surface area is 334 Å². The van der Waals surface area contributed by atoms with Crippen molar-refractivity contribution in [3.05, 3.63) is 206 Å². The number of hydrogen-bond acceptors (Lipinski definition) is 2. The van der Waals surface area contributed by atoms with E-state index >= 15 is 0 Å². The normalized spacial score (nSPS) is 11.8. The minimum Gasteiger partial charge on any atom is -0.309 e. The van der Waals surface area contributed by atoms with Gasteiger partial charge in [-0.15, -0.1) is 0 Å². The number of hydrogen-bond donors (Lipinski definition) is 0. The van der Waals surface area contributed by atoms with Gasteiger partial charge in [-0.3, -0.25) is 4.57 Å². The number of benzene rings is 9. The summed E-state index contributed by atoms with van der Waals surface area (Å²) in [5.41, 5.74) is 13.3. The quantitative estimate of drug-likeness (QED) is 0.176. The summed E-state index contributed by atoms with van der Waals surface area (Å²) < 4.78 is 4.65. The molecule has 0 aliphatic carbocycles. The fraction of sp³-hybridized carbons (Fsp3) is 0. The molecule has 0 amide bonds. The van der Waals surface area contributed by atoms with E-state index in [1.165, 1.54) is 54.6 Å². The van der Waals surface area contributed by atoms with E-state index < -0.39 is 0 Å². The fourth-order valence-electron chi connectivity index (χ4n) is 9.10. The van der Waals surface area contributed by atoms with Crippen molar-refractivity contribution >= 4 is 65.3 Å². The van der Waals surface area contributed by atoms with Crippen LogP contribution in [0.4, 0.5) is 0 Å². The highest BCUT2D eigenvalue weighted by molar-refractivity contribution is 6.21. The summed E-state index contributed by atoms with van der Waals surface area (Å²) in [6.45, 7) is 0. The molecule has 0 spiro atoms. The van der Waals surface area contributed by atoms with Crippen LogP contribution in [0.1, 0.15) is 0 Å². The van der Waals surface area contributed by atoms with Crippen LogP contribution in [-0.4, -0.2) is 19.1 Å². The molecule has 0 unspecified atom stereocenters. The molecule has 0 aliphatic rings. The average molecular weight is 739 g/mol. The molecule has 4 nitrogen and oxygen atoms in total. The third-order valence-electron chi connectivity index (χ3n) is 11.7. The first kappa shape index (κ1) is 32.4. The Morgan fingerprint density at radius 3 is 1.76 bits per heavy atom. The van der Waals surface area contributed by atoms with Crippen LogP contribution in [0.25, 0.3) is 110 Å². The van der Waals surface area contributed by atoms with Crippen LogP contribution in [0.15, 0.2) is 206 Å². The van der Waals surface area contributed by atoms with Gasteiger partial charge in [-0.25, -0.2) is 9.97 Å². The molecule has 0 saturated heterocycles. The van der Waals surface area contributed by atoms with Gasteiger partial charge in [0.15, 0.2) is 0 Å². The molecular formula is C54H34N4. The van der Waals surface area contributed by atoms with Crippen molar-refractivity contribution in [3.63, 3.8) is 0 Å². The minimum absolute atomic E-state index is 0.657. The molecule has 0 fully saturated rings. The molecular weight excluding hydrogens is 705 g/mol. The van der Waals surface area contributed by atoms with E-state index in [0.29, 0.717) is 5.95 Å². The van der Waals surface area contributed by atoms with Crippen molar-refractivity contribution in [2.75, 3.05) is 0 Å². The third kappa shape index (κ3) is 4.95. The van der Waals surface area contributed by atoms with Crippen LogP contribution in [0.2, 0.25) is 0 Å². The molecule has 3 aromatic heterocycles. The van der Waals surface area contributed by atoms with E-state index in [1.807, 2.05) is 0 Å². The largest absolute Gasteiger partial charge is 0.309 e. The van der Waals surface area contributed by atoms with Gasteiger partial charge in [0, 0.05) is 38.1 Å². The second-order valence-electron chi connectivity index (χ2n) is 15.0. The standard InChI is InChI=1S/C54H34N4/c1-2-14-35(15-3-1)36-26-28-38(29-27-36)40-17-7-11-23-47(40)57-48-24-12-8-19-42(48)45-34-39(31-32-50(45)57)53-43-20-6-10-22-46(43)55-54(56-53)58-49-25-13-9-21-44(49)52-41-18-5-4-16-37(41)30-33-51(52)58/h1-34H. The molecule has 0 atom stereocenters. The molecule has 270 valence electrons. The third-order valence-corrected chi connectivity index (χ3v) is 11.7. The van der Waals surface area contributed by atoms with E-state index in [1.54, 1.807) is 0 Å². The first-order valence-corrected chi connectivity index (χ1v) is 19.8. The summed E-state index contributed by atoms with van der Waals surface area (Å²) in [5, 5.41) is 8.24. The maximum absolute atomic E-state index is 5.47. The molecule has 0 saturated carbocycles. The molecule has 0 N–H and O–H groups in total. The second kappa shape index (κ2) is 12.9. The van der Waals surface area contributed by atoms with Crippen LogP contribution in [0.3, 0.4) is 0 Å². The molecule has 0 aliphatic heterocycles. The molecule has 12 rings (SSSR count). The van der Waals surface area contributed by atoms with Gasteiger partial charge in [-0.2, -0.15) is 0 Å². The fourth-order valence-corrected chi connectivity index (χ4v) is 9.10. The molecule has 12 aromatic rings. The van der Waals surface area contributed by atoms with Crippen molar-refractivity contribution in [3.8, 4) is 45.1 Å². The summed E-state index contributed by atoms with van der Waals surface area (Å²) in [6, 6.07) is 73.8. The zero-order chi connectivity index (χ0) is 38.2. The predicted octanol–water partition coefficient (Wildman–Crippen LogP) is 14.0. The van der Waals surface area contributed by atoms with Gasteiger partial charge in [-0.1, -0.05) is 164 Å². The molecule has 0 radical (unpaired) electrons. The SMILES string of the molecule is c1ccc(-c2ccc(-c3ccccc3-n3c4ccccc4c4cc(-c5nc(-n6c7ccccc7c7c8ccccc8ccc76)nc6ccccc56)ccc43)cc2)cc1. The lowest BCUT2D eigenvalue weighted by molar-refractivity contribution is 1.01. The Morgan fingerprint density at radius 2 is 0.914 bits per heavy atom. The Kier molecular flexibility index (Phi) is 7.20. The smallest absolute Gasteiger partial charge is 0.235 e. The zero-order valence-electron chi connectivity index (χ0n) is 31.4.